The van der Waals surface area contributed by atoms with Gasteiger partial charge in [0.25, 0.3) is 0 Å². The third-order valence-corrected chi connectivity index (χ3v) is 3.89. The molecule has 0 aliphatic carbocycles. The van der Waals surface area contributed by atoms with Gasteiger partial charge in [-0.1, -0.05) is 6.07 Å². The number of halogens is 3. The van der Waals surface area contributed by atoms with Crippen molar-refractivity contribution in [3.63, 3.8) is 0 Å². The molecule has 0 atom stereocenters. The summed E-state index contributed by atoms with van der Waals surface area (Å²) in [4.78, 5) is 18.5. The van der Waals surface area contributed by atoms with E-state index in [1.807, 2.05) is 6.07 Å². The Balaban J connectivity index is 1.59. The zero-order valence-electron chi connectivity index (χ0n) is 13.9. The summed E-state index contributed by atoms with van der Waals surface area (Å²) in [6.45, 7) is 2.60. The van der Waals surface area contributed by atoms with Gasteiger partial charge in [0.1, 0.15) is 12.4 Å². The first-order valence-corrected chi connectivity index (χ1v) is 8.07. The fourth-order valence-corrected chi connectivity index (χ4v) is 2.63. The molecule has 0 unspecified atom stereocenters. The average molecular weight is 369 g/mol. The van der Waals surface area contributed by atoms with E-state index in [1.165, 1.54) is 0 Å². The van der Waals surface area contributed by atoms with Crippen molar-refractivity contribution in [2.75, 3.05) is 31.2 Å². The second-order valence-electron chi connectivity index (χ2n) is 5.76. The lowest BCUT2D eigenvalue weighted by atomic mass is 10.2. The number of nitrogens with one attached hydrogen (secondary N) is 1. The van der Waals surface area contributed by atoms with Crippen LogP contribution in [-0.2, 0) is 28.8 Å². The van der Waals surface area contributed by atoms with Crippen LogP contribution in [0.5, 0.6) is 0 Å². The van der Waals surface area contributed by atoms with Crippen molar-refractivity contribution in [3.05, 3.63) is 41.9 Å². The highest BCUT2D eigenvalue weighted by atomic mass is 19.4. The van der Waals surface area contributed by atoms with E-state index in [-0.39, 0.29) is 13.1 Å². The molecule has 1 saturated heterocycles. The number of ether oxygens (including phenoxy) is 1. The van der Waals surface area contributed by atoms with E-state index in [0.717, 1.165) is 28.3 Å². The second kappa shape index (κ2) is 7.73. The van der Waals surface area contributed by atoms with Gasteiger partial charge >= 0.3 is 6.18 Å². The van der Waals surface area contributed by atoms with Crippen LogP contribution in [0.2, 0.25) is 0 Å². The number of pyridine rings is 1. The topological polar surface area (TPSA) is 72.3 Å². The van der Waals surface area contributed by atoms with Crippen molar-refractivity contribution in [3.8, 4) is 0 Å². The van der Waals surface area contributed by atoms with Crippen LogP contribution in [0.1, 0.15) is 11.3 Å². The van der Waals surface area contributed by atoms with Crippen LogP contribution in [0.3, 0.4) is 0 Å². The average Bonchev–Trinajstić information content (AvgIpc) is 3.10. The predicted molar refractivity (Wildman–Crippen MR) is 86.3 cm³/mol. The molecule has 0 saturated carbocycles. The van der Waals surface area contributed by atoms with E-state index in [2.05, 4.69) is 20.3 Å². The van der Waals surface area contributed by atoms with Crippen molar-refractivity contribution >= 4 is 11.7 Å². The number of carbonyl (C=O) groups is 1. The summed E-state index contributed by atoms with van der Waals surface area (Å²) in [7, 11) is 0. The van der Waals surface area contributed by atoms with E-state index >= 15 is 0 Å². The zero-order chi connectivity index (χ0) is 18.6. The minimum Gasteiger partial charge on any atom is -0.378 e. The van der Waals surface area contributed by atoms with Crippen molar-refractivity contribution in [2.24, 2.45) is 0 Å². The molecule has 1 amide bonds. The van der Waals surface area contributed by atoms with Gasteiger partial charge in [0.05, 0.1) is 13.2 Å². The number of rotatable bonds is 5. The van der Waals surface area contributed by atoms with Crippen LogP contribution in [0.25, 0.3) is 0 Å². The van der Waals surface area contributed by atoms with Gasteiger partial charge < -0.3 is 15.0 Å². The molecule has 140 valence electrons. The van der Waals surface area contributed by atoms with Gasteiger partial charge in [-0.3, -0.25) is 9.48 Å². The fraction of sp³-hybridized carbons (Fsp3) is 0.438. The molecule has 7 nitrogen and oxygen atoms in total. The monoisotopic (exact) mass is 369 g/mol. The summed E-state index contributed by atoms with van der Waals surface area (Å²) in [5.74, 6) is 0.341. The smallest absolute Gasteiger partial charge is 0.378 e. The lowest BCUT2D eigenvalue weighted by Gasteiger charge is -2.29. The van der Waals surface area contributed by atoms with E-state index in [0.29, 0.717) is 26.3 Å². The van der Waals surface area contributed by atoms with Gasteiger partial charge in [-0.15, -0.1) is 0 Å². The molecule has 0 radical (unpaired) electrons. The summed E-state index contributed by atoms with van der Waals surface area (Å²) in [6.07, 6.45) is -1.71. The Labute approximate surface area is 147 Å². The normalized spacial score (nSPS) is 15.1. The van der Waals surface area contributed by atoms with E-state index in [9.17, 15) is 18.0 Å². The number of aromatic nitrogens is 3. The first-order valence-electron chi connectivity index (χ1n) is 8.07. The number of alkyl halides is 3. The second-order valence-corrected chi connectivity index (χ2v) is 5.76. The zero-order valence-corrected chi connectivity index (χ0v) is 13.9. The quantitative estimate of drug-likeness (QED) is 0.864. The Kier molecular flexibility index (Phi) is 5.40. The number of nitrogens with zero attached hydrogens (tertiary/aromatic N) is 4. The Morgan fingerprint density at radius 3 is 2.73 bits per heavy atom. The largest absolute Gasteiger partial charge is 0.435 e. The number of anilines is 1. The molecular weight excluding hydrogens is 351 g/mol. The molecule has 1 aliphatic heterocycles. The lowest BCUT2D eigenvalue weighted by molar-refractivity contribution is -0.141. The number of carbonyl (C=O) groups excluding carboxylic acids is 1. The maximum atomic E-state index is 12.5. The number of amides is 1. The maximum Gasteiger partial charge on any atom is 0.435 e. The van der Waals surface area contributed by atoms with Gasteiger partial charge in [-0.05, 0) is 12.1 Å². The predicted octanol–water partition coefficient (Wildman–Crippen LogP) is 1.45. The SMILES string of the molecule is O=C(Cn1ccc(C(F)(F)F)n1)NCc1cccnc1N1CCOCC1. The minimum absolute atomic E-state index is 0.229. The van der Waals surface area contributed by atoms with Gasteiger partial charge in [0, 0.05) is 37.6 Å². The van der Waals surface area contributed by atoms with Gasteiger partial charge in [-0.25, -0.2) is 4.98 Å². The Morgan fingerprint density at radius 2 is 2.04 bits per heavy atom. The third-order valence-electron chi connectivity index (χ3n) is 3.89. The Morgan fingerprint density at radius 1 is 1.27 bits per heavy atom. The first-order chi connectivity index (χ1) is 12.4. The molecule has 1 N–H and O–H groups in total. The number of hydrogen-bond acceptors (Lipinski definition) is 5. The molecular formula is C16H18F3N5O2. The molecule has 1 aliphatic rings. The highest BCUT2D eigenvalue weighted by molar-refractivity contribution is 5.75. The van der Waals surface area contributed by atoms with Crippen molar-refractivity contribution in [1.29, 1.82) is 0 Å². The Hall–Kier alpha value is -2.62. The third kappa shape index (κ3) is 4.51. The van der Waals surface area contributed by atoms with Crippen LogP contribution in [0, 0.1) is 0 Å². The summed E-state index contributed by atoms with van der Waals surface area (Å²) >= 11 is 0. The maximum absolute atomic E-state index is 12.5. The molecule has 0 spiro atoms. The lowest BCUT2D eigenvalue weighted by Crippen LogP contribution is -2.38. The van der Waals surface area contributed by atoms with Crippen molar-refractivity contribution < 1.29 is 22.7 Å². The molecule has 10 heteroatoms. The highest BCUT2D eigenvalue weighted by Crippen LogP contribution is 2.27. The van der Waals surface area contributed by atoms with Crippen molar-refractivity contribution in [1.82, 2.24) is 20.1 Å². The molecule has 2 aromatic rings. The summed E-state index contributed by atoms with van der Waals surface area (Å²) in [6, 6.07) is 4.47. The van der Waals surface area contributed by atoms with Crippen LogP contribution in [0.4, 0.5) is 19.0 Å². The van der Waals surface area contributed by atoms with Gasteiger partial charge in [-0.2, -0.15) is 18.3 Å². The molecule has 2 aromatic heterocycles. The van der Waals surface area contributed by atoms with Gasteiger partial charge in [0.2, 0.25) is 5.91 Å². The van der Waals surface area contributed by atoms with Gasteiger partial charge in [0.15, 0.2) is 5.69 Å². The van der Waals surface area contributed by atoms with E-state index < -0.39 is 17.8 Å². The molecule has 3 rings (SSSR count). The highest BCUT2D eigenvalue weighted by Gasteiger charge is 2.33. The molecule has 26 heavy (non-hydrogen) atoms. The Bertz CT molecular complexity index is 756. The molecule has 1 fully saturated rings. The molecule has 0 aromatic carbocycles. The standard InChI is InChI=1S/C16H18F3N5O2/c17-16(18,19)13-3-5-24(22-13)11-14(25)21-10-12-2-1-4-20-15(12)23-6-8-26-9-7-23/h1-5H,6-11H2,(H,21,25). The van der Waals surface area contributed by atoms with E-state index in [1.54, 1.807) is 12.3 Å². The van der Waals surface area contributed by atoms with Crippen LogP contribution in [-0.4, -0.2) is 47.0 Å². The molecule has 3 heterocycles. The van der Waals surface area contributed by atoms with Crippen LogP contribution >= 0.6 is 0 Å². The van der Waals surface area contributed by atoms with Crippen LogP contribution < -0.4 is 10.2 Å². The fourth-order valence-electron chi connectivity index (χ4n) is 2.63. The minimum atomic E-state index is -4.52. The summed E-state index contributed by atoms with van der Waals surface area (Å²) in [5.41, 5.74) is -0.189. The van der Waals surface area contributed by atoms with Crippen LogP contribution in [0.15, 0.2) is 30.6 Å². The van der Waals surface area contributed by atoms with E-state index in [4.69, 9.17) is 4.74 Å². The van der Waals surface area contributed by atoms with Crippen molar-refractivity contribution in [2.45, 2.75) is 19.3 Å². The molecule has 0 bridgehead atoms. The number of hydrogen-bond donors (Lipinski definition) is 1. The number of morpholine rings is 1. The first kappa shape index (κ1) is 18.2. The summed E-state index contributed by atoms with van der Waals surface area (Å²) < 4.78 is 43.9. The summed E-state index contributed by atoms with van der Waals surface area (Å²) in [5, 5.41) is 6.06.